The van der Waals surface area contributed by atoms with Crippen molar-refractivity contribution >= 4 is 5.78 Å². The van der Waals surface area contributed by atoms with E-state index in [1.54, 1.807) is 0 Å². The summed E-state index contributed by atoms with van der Waals surface area (Å²) in [6.45, 7) is 11.0. The lowest BCUT2D eigenvalue weighted by Crippen LogP contribution is -2.08. The van der Waals surface area contributed by atoms with Gasteiger partial charge in [0.15, 0.2) is 0 Å². The molecule has 0 aromatic carbocycles. The lowest BCUT2D eigenvalue weighted by molar-refractivity contribution is -0.119. The Hall–Kier alpha value is -0.330. The van der Waals surface area contributed by atoms with E-state index >= 15 is 0 Å². The van der Waals surface area contributed by atoms with Crippen molar-refractivity contribution in [1.29, 1.82) is 0 Å². The van der Waals surface area contributed by atoms with Gasteiger partial charge in [-0.25, -0.2) is 0 Å². The van der Waals surface area contributed by atoms with Gasteiger partial charge in [-0.2, -0.15) is 0 Å². The molecule has 14 heavy (non-hydrogen) atoms. The summed E-state index contributed by atoms with van der Waals surface area (Å²) in [6.07, 6.45) is 3.68. The van der Waals surface area contributed by atoms with Crippen molar-refractivity contribution in [3.05, 3.63) is 0 Å². The first-order chi connectivity index (χ1) is 6.43. The molecule has 0 saturated carbocycles. The van der Waals surface area contributed by atoms with E-state index in [1.165, 1.54) is 0 Å². The lowest BCUT2D eigenvalue weighted by atomic mass is 9.91. The van der Waals surface area contributed by atoms with E-state index in [9.17, 15) is 4.79 Å². The normalized spacial score (nSPS) is 13.6. The first-order valence-corrected chi connectivity index (χ1v) is 5.95. The van der Waals surface area contributed by atoms with Gasteiger partial charge in [-0.1, -0.05) is 34.6 Å². The van der Waals surface area contributed by atoms with Gasteiger partial charge in [0.25, 0.3) is 0 Å². The molecule has 0 fully saturated rings. The van der Waals surface area contributed by atoms with Gasteiger partial charge in [-0.3, -0.25) is 4.79 Å². The minimum atomic E-state index is 0.450. The molecule has 0 saturated heterocycles. The molecular formula is C13H26O. The fourth-order valence-electron chi connectivity index (χ4n) is 1.30. The molecule has 1 nitrogen and oxygen atoms in total. The van der Waals surface area contributed by atoms with Gasteiger partial charge in [-0.15, -0.1) is 0 Å². The lowest BCUT2D eigenvalue weighted by Gasteiger charge is -2.14. The zero-order valence-electron chi connectivity index (χ0n) is 10.5. The number of hydrogen-bond acceptors (Lipinski definition) is 1. The van der Waals surface area contributed by atoms with Crippen LogP contribution in [0.1, 0.15) is 60.3 Å². The van der Waals surface area contributed by atoms with Crippen molar-refractivity contribution in [2.45, 2.75) is 60.3 Å². The van der Waals surface area contributed by atoms with Crippen LogP contribution in [0.25, 0.3) is 0 Å². The van der Waals surface area contributed by atoms with Crippen LogP contribution in [-0.2, 0) is 4.79 Å². The SMILES string of the molecule is CC(C)CCC(=O)CC[C@@H](C)C(C)C. The first kappa shape index (κ1) is 13.7. The van der Waals surface area contributed by atoms with Crippen LogP contribution in [0.2, 0.25) is 0 Å². The summed E-state index contributed by atoms with van der Waals surface area (Å²) < 4.78 is 0. The van der Waals surface area contributed by atoms with Crippen molar-refractivity contribution < 1.29 is 4.79 Å². The van der Waals surface area contributed by atoms with Crippen LogP contribution in [0.15, 0.2) is 0 Å². The summed E-state index contributed by atoms with van der Waals surface area (Å²) in [4.78, 5) is 11.5. The molecule has 0 N–H and O–H groups in total. The summed E-state index contributed by atoms with van der Waals surface area (Å²) in [6, 6.07) is 0. The average molecular weight is 198 g/mol. The summed E-state index contributed by atoms with van der Waals surface area (Å²) in [5.41, 5.74) is 0. The van der Waals surface area contributed by atoms with Gasteiger partial charge in [-0.05, 0) is 30.6 Å². The molecule has 0 radical (unpaired) electrons. The summed E-state index contributed by atoms with van der Waals surface area (Å²) >= 11 is 0. The van der Waals surface area contributed by atoms with Crippen LogP contribution in [-0.4, -0.2) is 5.78 Å². The summed E-state index contributed by atoms with van der Waals surface area (Å²) in [5.74, 6) is 2.48. The van der Waals surface area contributed by atoms with E-state index in [4.69, 9.17) is 0 Å². The molecule has 0 aliphatic heterocycles. The summed E-state index contributed by atoms with van der Waals surface area (Å²) in [5, 5.41) is 0. The molecule has 0 heterocycles. The fraction of sp³-hybridized carbons (Fsp3) is 0.923. The van der Waals surface area contributed by atoms with Gasteiger partial charge in [0.05, 0.1) is 0 Å². The third-order valence-electron chi connectivity index (χ3n) is 3.02. The Labute approximate surface area is 89.3 Å². The van der Waals surface area contributed by atoms with Crippen LogP contribution in [0.3, 0.4) is 0 Å². The maximum absolute atomic E-state index is 11.5. The highest BCUT2D eigenvalue weighted by Crippen LogP contribution is 2.17. The number of Topliss-reactive ketones (excluding diaryl/α,β-unsaturated/α-hetero) is 1. The molecule has 0 spiro atoms. The minimum Gasteiger partial charge on any atom is -0.300 e. The number of rotatable bonds is 7. The topological polar surface area (TPSA) is 17.1 Å². The van der Waals surface area contributed by atoms with E-state index in [0.717, 1.165) is 25.7 Å². The zero-order chi connectivity index (χ0) is 11.1. The largest absolute Gasteiger partial charge is 0.300 e. The standard InChI is InChI=1S/C13H26O/c1-10(2)6-8-13(14)9-7-12(5)11(3)4/h10-12H,6-9H2,1-5H3/t12-/m1/s1. The molecule has 0 bridgehead atoms. The van der Waals surface area contributed by atoms with Crippen LogP contribution < -0.4 is 0 Å². The highest BCUT2D eigenvalue weighted by molar-refractivity contribution is 5.78. The number of ketones is 1. The van der Waals surface area contributed by atoms with Gasteiger partial charge in [0.2, 0.25) is 0 Å². The second-order valence-electron chi connectivity index (χ2n) is 5.23. The third kappa shape index (κ3) is 7.11. The predicted octanol–water partition coefficient (Wildman–Crippen LogP) is 4.06. The number of carbonyl (C=O) groups excluding carboxylic acids is 1. The van der Waals surface area contributed by atoms with Crippen LogP contribution >= 0.6 is 0 Å². The smallest absolute Gasteiger partial charge is 0.132 e. The van der Waals surface area contributed by atoms with E-state index in [-0.39, 0.29) is 0 Å². The maximum Gasteiger partial charge on any atom is 0.132 e. The molecule has 84 valence electrons. The van der Waals surface area contributed by atoms with E-state index < -0.39 is 0 Å². The highest BCUT2D eigenvalue weighted by Gasteiger charge is 2.10. The summed E-state index contributed by atoms with van der Waals surface area (Å²) in [7, 11) is 0. The third-order valence-corrected chi connectivity index (χ3v) is 3.02. The Balaban J connectivity index is 3.54. The molecular weight excluding hydrogens is 172 g/mol. The Bertz CT molecular complexity index is 159. The van der Waals surface area contributed by atoms with Crippen molar-refractivity contribution in [3.63, 3.8) is 0 Å². The Morgan fingerprint density at radius 2 is 1.43 bits per heavy atom. The Morgan fingerprint density at radius 3 is 1.86 bits per heavy atom. The zero-order valence-corrected chi connectivity index (χ0v) is 10.5. The molecule has 0 amide bonds. The van der Waals surface area contributed by atoms with E-state index in [1.807, 2.05) is 0 Å². The fourth-order valence-corrected chi connectivity index (χ4v) is 1.30. The monoisotopic (exact) mass is 198 g/mol. The van der Waals surface area contributed by atoms with Crippen molar-refractivity contribution in [2.75, 3.05) is 0 Å². The van der Waals surface area contributed by atoms with Gasteiger partial charge < -0.3 is 0 Å². The van der Waals surface area contributed by atoms with E-state index in [0.29, 0.717) is 23.5 Å². The number of hydrogen-bond donors (Lipinski definition) is 0. The Kier molecular flexibility index (Phi) is 6.86. The second-order valence-corrected chi connectivity index (χ2v) is 5.23. The molecule has 0 unspecified atom stereocenters. The van der Waals surface area contributed by atoms with Crippen LogP contribution in [0.4, 0.5) is 0 Å². The van der Waals surface area contributed by atoms with Gasteiger partial charge >= 0.3 is 0 Å². The molecule has 0 aromatic heterocycles. The van der Waals surface area contributed by atoms with Crippen molar-refractivity contribution in [2.24, 2.45) is 17.8 Å². The quantitative estimate of drug-likeness (QED) is 0.603. The van der Waals surface area contributed by atoms with Crippen molar-refractivity contribution in [3.8, 4) is 0 Å². The molecule has 1 atom stereocenters. The van der Waals surface area contributed by atoms with E-state index in [2.05, 4.69) is 34.6 Å². The molecule has 0 rings (SSSR count). The van der Waals surface area contributed by atoms with Crippen LogP contribution in [0, 0.1) is 17.8 Å². The highest BCUT2D eigenvalue weighted by atomic mass is 16.1. The average Bonchev–Trinajstić information content (AvgIpc) is 2.10. The van der Waals surface area contributed by atoms with Crippen molar-refractivity contribution in [1.82, 2.24) is 0 Å². The van der Waals surface area contributed by atoms with Crippen LogP contribution in [0.5, 0.6) is 0 Å². The predicted molar refractivity (Wildman–Crippen MR) is 62.3 cm³/mol. The molecule has 0 aliphatic carbocycles. The van der Waals surface area contributed by atoms with Gasteiger partial charge in [0.1, 0.15) is 5.78 Å². The molecule has 0 aliphatic rings. The first-order valence-electron chi connectivity index (χ1n) is 5.95. The minimum absolute atomic E-state index is 0.450. The second kappa shape index (κ2) is 7.03. The number of carbonyl (C=O) groups is 1. The maximum atomic E-state index is 11.5. The molecule has 1 heteroatoms. The molecule has 0 aromatic rings. The van der Waals surface area contributed by atoms with Gasteiger partial charge in [0, 0.05) is 12.8 Å². The Morgan fingerprint density at radius 1 is 0.929 bits per heavy atom.